The summed E-state index contributed by atoms with van der Waals surface area (Å²) in [5.41, 5.74) is -1.24. The summed E-state index contributed by atoms with van der Waals surface area (Å²) in [6.07, 6.45) is 12.3. The van der Waals surface area contributed by atoms with Gasteiger partial charge in [0.25, 0.3) is 0 Å². The zero-order chi connectivity index (χ0) is 18.7. The van der Waals surface area contributed by atoms with Gasteiger partial charge in [0.15, 0.2) is 0 Å². The van der Waals surface area contributed by atoms with Crippen LogP contribution in [0, 0.1) is 0 Å². The summed E-state index contributed by atoms with van der Waals surface area (Å²) in [5, 5.41) is 11.5. The predicted octanol–water partition coefficient (Wildman–Crippen LogP) is 2.87. The number of rotatable bonds is 12. The molecule has 0 spiro atoms. The highest BCUT2D eigenvalue weighted by atomic mass is 16.4. The number of hydrogen-bond donors (Lipinski definition) is 2. The Morgan fingerprint density at radius 3 is 2.56 bits per heavy atom. The minimum atomic E-state index is -1.24. The van der Waals surface area contributed by atoms with Gasteiger partial charge in [-0.15, -0.1) is 0 Å². The van der Waals surface area contributed by atoms with Crippen LogP contribution in [0.25, 0.3) is 0 Å². The van der Waals surface area contributed by atoms with Crippen molar-refractivity contribution in [2.24, 2.45) is 0 Å². The molecule has 142 valence electrons. The van der Waals surface area contributed by atoms with Gasteiger partial charge in [-0.2, -0.15) is 0 Å². The van der Waals surface area contributed by atoms with E-state index in [1.165, 1.54) is 6.92 Å². The van der Waals surface area contributed by atoms with Gasteiger partial charge >= 0.3 is 5.97 Å². The van der Waals surface area contributed by atoms with E-state index in [9.17, 15) is 14.4 Å². The van der Waals surface area contributed by atoms with E-state index in [4.69, 9.17) is 5.11 Å². The number of nitrogens with zero attached hydrogens (tertiary/aromatic N) is 1. The van der Waals surface area contributed by atoms with Crippen LogP contribution in [0.5, 0.6) is 0 Å². The van der Waals surface area contributed by atoms with Crippen LogP contribution < -0.4 is 5.32 Å². The second kappa shape index (κ2) is 10.9. The lowest BCUT2D eigenvalue weighted by Gasteiger charge is -2.21. The fourth-order valence-electron chi connectivity index (χ4n) is 3.11. The van der Waals surface area contributed by atoms with Gasteiger partial charge in [-0.25, -0.2) is 4.79 Å². The van der Waals surface area contributed by atoms with Gasteiger partial charge in [0.1, 0.15) is 5.54 Å². The van der Waals surface area contributed by atoms with Crippen molar-refractivity contribution in [2.75, 3.05) is 6.54 Å². The van der Waals surface area contributed by atoms with Gasteiger partial charge in [0.2, 0.25) is 12.3 Å². The van der Waals surface area contributed by atoms with E-state index in [2.05, 4.69) is 12.2 Å². The average molecular weight is 352 g/mol. The molecule has 1 saturated heterocycles. The number of carboxylic acids is 1. The molecule has 1 rings (SSSR count). The van der Waals surface area contributed by atoms with Crippen LogP contribution in [0.15, 0.2) is 12.2 Å². The van der Waals surface area contributed by atoms with Crippen molar-refractivity contribution in [3.8, 4) is 0 Å². The Morgan fingerprint density at radius 2 is 1.96 bits per heavy atom. The van der Waals surface area contributed by atoms with Crippen molar-refractivity contribution in [1.29, 1.82) is 0 Å². The molecule has 2 atom stereocenters. The van der Waals surface area contributed by atoms with Crippen LogP contribution in [0.1, 0.15) is 71.6 Å². The summed E-state index contributed by atoms with van der Waals surface area (Å²) in [6.45, 7) is 4.53. The standard InChI is InChI=1S/C19H32N2O4/c1-16-11-10-14-21(16)17(23)12-8-6-4-3-5-7-9-13-19(2,18(24)25)20-15-22/h7,9,15-16H,3-6,8,10-14H2,1-2H3,(H,20,22)(H,24,25)/b9-7-/t16?,19-/m1/s1. The van der Waals surface area contributed by atoms with Gasteiger partial charge in [0, 0.05) is 19.0 Å². The molecule has 0 saturated carbocycles. The first-order chi connectivity index (χ1) is 11.9. The maximum atomic E-state index is 12.1. The van der Waals surface area contributed by atoms with E-state index in [1.54, 1.807) is 0 Å². The lowest BCUT2D eigenvalue weighted by Crippen LogP contribution is -2.48. The van der Waals surface area contributed by atoms with Gasteiger partial charge in [0.05, 0.1) is 0 Å². The van der Waals surface area contributed by atoms with E-state index < -0.39 is 11.5 Å². The number of hydrogen-bond acceptors (Lipinski definition) is 3. The van der Waals surface area contributed by atoms with E-state index in [0.29, 0.717) is 24.8 Å². The van der Waals surface area contributed by atoms with Crippen molar-refractivity contribution in [2.45, 2.75) is 83.2 Å². The molecular formula is C19H32N2O4. The largest absolute Gasteiger partial charge is 0.480 e. The number of carboxylic acid groups (broad SMARTS) is 1. The molecule has 0 radical (unpaired) electrons. The summed E-state index contributed by atoms with van der Waals surface area (Å²) >= 11 is 0. The molecule has 0 aromatic carbocycles. The number of likely N-dealkylation sites (tertiary alicyclic amines) is 1. The van der Waals surface area contributed by atoms with E-state index in [-0.39, 0.29) is 6.42 Å². The van der Waals surface area contributed by atoms with Crippen molar-refractivity contribution >= 4 is 18.3 Å². The Kier molecular flexibility index (Phi) is 9.24. The maximum Gasteiger partial charge on any atom is 0.329 e. The lowest BCUT2D eigenvalue weighted by atomic mass is 9.98. The summed E-state index contributed by atoms with van der Waals surface area (Å²) in [4.78, 5) is 35.7. The number of unbranched alkanes of at least 4 members (excludes halogenated alkanes) is 4. The Morgan fingerprint density at radius 1 is 1.24 bits per heavy atom. The lowest BCUT2D eigenvalue weighted by molar-refractivity contribution is -0.145. The fourth-order valence-corrected chi connectivity index (χ4v) is 3.11. The molecule has 1 fully saturated rings. The molecule has 1 aliphatic rings. The molecule has 6 nitrogen and oxygen atoms in total. The highest BCUT2D eigenvalue weighted by Crippen LogP contribution is 2.18. The Labute approximate surface area is 150 Å². The molecule has 0 aliphatic carbocycles. The van der Waals surface area contributed by atoms with Crippen molar-refractivity contribution in [1.82, 2.24) is 10.2 Å². The van der Waals surface area contributed by atoms with Crippen LogP contribution in [-0.2, 0) is 14.4 Å². The summed E-state index contributed by atoms with van der Waals surface area (Å²) in [5.74, 6) is -0.748. The van der Waals surface area contributed by atoms with Crippen molar-refractivity contribution in [3.05, 3.63) is 12.2 Å². The van der Waals surface area contributed by atoms with E-state index >= 15 is 0 Å². The van der Waals surface area contributed by atoms with Gasteiger partial charge in [-0.1, -0.05) is 25.0 Å². The number of carbonyl (C=O) groups is 3. The van der Waals surface area contributed by atoms with Gasteiger partial charge in [-0.3, -0.25) is 9.59 Å². The smallest absolute Gasteiger partial charge is 0.329 e. The molecule has 0 aromatic heterocycles. The SMILES string of the molecule is CC1CCCN1C(=O)CCCCCC/C=C\C[C@@](C)(NC=O)C(=O)O. The molecular weight excluding hydrogens is 320 g/mol. The molecule has 1 unspecified atom stereocenters. The van der Waals surface area contributed by atoms with Crippen LogP contribution in [0.2, 0.25) is 0 Å². The van der Waals surface area contributed by atoms with Crippen LogP contribution in [-0.4, -0.2) is 46.4 Å². The number of nitrogens with one attached hydrogen (secondary N) is 1. The number of aliphatic carboxylic acids is 1. The fraction of sp³-hybridized carbons (Fsp3) is 0.737. The topological polar surface area (TPSA) is 86.7 Å². The third-order valence-electron chi connectivity index (χ3n) is 4.93. The number of amides is 2. The zero-order valence-corrected chi connectivity index (χ0v) is 15.5. The first kappa shape index (κ1) is 21.2. The molecule has 1 heterocycles. The first-order valence-corrected chi connectivity index (χ1v) is 9.30. The highest BCUT2D eigenvalue weighted by molar-refractivity contribution is 5.81. The normalized spacial score (nSPS) is 19.8. The highest BCUT2D eigenvalue weighted by Gasteiger charge is 2.30. The number of carbonyl (C=O) groups excluding carboxylic acids is 2. The third-order valence-corrected chi connectivity index (χ3v) is 4.93. The third kappa shape index (κ3) is 7.28. The Hall–Kier alpha value is -1.85. The minimum Gasteiger partial charge on any atom is -0.480 e. The summed E-state index contributed by atoms with van der Waals surface area (Å²) < 4.78 is 0. The molecule has 2 N–H and O–H groups in total. The summed E-state index contributed by atoms with van der Waals surface area (Å²) in [6, 6.07) is 0.405. The number of allylic oxidation sites excluding steroid dienone is 1. The molecule has 0 bridgehead atoms. The minimum absolute atomic E-state index is 0.267. The average Bonchev–Trinajstić information content (AvgIpc) is 2.99. The molecule has 1 aliphatic heterocycles. The van der Waals surface area contributed by atoms with Gasteiger partial charge < -0.3 is 15.3 Å². The second-order valence-corrected chi connectivity index (χ2v) is 7.11. The Bertz CT molecular complexity index is 478. The summed E-state index contributed by atoms with van der Waals surface area (Å²) in [7, 11) is 0. The molecule has 6 heteroatoms. The zero-order valence-electron chi connectivity index (χ0n) is 15.5. The molecule has 0 aromatic rings. The monoisotopic (exact) mass is 352 g/mol. The first-order valence-electron chi connectivity index (χ1n) is 9.30. The van der Waals surface area contributed by atoms with Crippen LogP contribution in [0.4, 0.5) is 0 Å². The van der Waals surface area contributed by atoms with Crippen LogP contribution in [0.3, 0.4) is 0 Å². The second-order valence-electron chi connectivity index (χ2n) is 7.11. The molecule has 2 amide bonds. The Balaban J connectivity index is 2.09. The molecule has 25 heavy (non-hydrogen) atoms. The van der Waals surface area contributed by atoms with Crippen molar-refractivity contribution in [3.63, 3.8) is 0 Å². The quantitative estimate of drug-likeness (QED) is 0.321. The van der Waals surface area contributed by atoms with Crippen LogP contribution >= 0.6 is 0 Å². The van der Waals surface area contributed by atoms with Crippen molar-refractivity contribution < 1.29 is 19.5 Å². The van der Waals surface area contributed by atoms with E-state index in [1.807, 2.05) is 17.1 Å². The predicted molar refractivity (Wildman–Crippen MR) is 97.1 cm³/mol. The maximum absolute atomic E-state index is 12.1. The van der Waals surface area contributed by atoms with E-state index in [0.717, 1.165) is 51.5 Å². The van der Waals surface area contributed by atoms with Gasteiger partial charge in [-0.05, 0) is 52.4 Å².